The molecule has 0 spiro atoms. The summed E-state index contributed by atoms with van der Waals surface area (Å²) in [6, 6.07) is 4.94. The Kier molecular flexibility index (Phi) is 3.02. The van der Waals surface area contributed by atoms with E-state index in [1.165, 1.54) is 11.1 Å². The van der Waals surface area contributed by atoms with Crippen LogP contribution in [0.15, 0.2) is 18.2 Å². The number of hydrogen-bond donors (Lipinski definition) is 1. The molecule has 1 fully saturated rings. The Morgan fingerprint density at radius 3 is 2.82 bits per heavy atom. The molecule has 0 unspecified atom stereocenters. The molecule has 1 aromatic carbocycles. The van der Waals surface area contributed by atoms with E-state index in [4.69, 9.17) is 16.4 Å². The molecule has 1 amide bonds. The van der Waals surface area contributed by atoms with Crippen LogP contribution in [0.5, 0.6) is 5.75 Å². The number of hydrogen-bond acceptors (Lipinski definition) is 3. The van der Waals surface area contributed by atoms with Gasteiger partial charge < -0.3 is 5.11 Å². The first-order chi connectivity index (χ1) is 7.92. The van der Waals surface area contributed by atoms with Crippen molar-refractivity contribution in [2.24, 2.45) is 5.41 Å². The standard InChI is InChI=1S/C12H14ClNO3/c1-12(2)7-17-14(11(12)16)6-8-4-3-5-9(15)10(8)13/h3-5,15H,6-7H2,1-2H3. The number of phenols is 1. The average molecular weight is 256 g/mol. The van der Waals surface area contributed by atoms with Gasteiger partial charge in [0.15, 0.2) is 0 Å². The number of rotatable bonds is 2. The van der Waals surface area contributed by atoms with Crippen LogP contribution in [0.1, 0.15) is 19.4 Å². The van der Waals surface area contributed by atoms with Gasteiger partial charge in [0, 0.05) is 0 Å². The summed E-state index contributed by atoms with van der Waals surface area (Å²) in [5.74, 6) is -0.0630. The predicted octanol–water partition coefficient (Wildman–Crippen LogP) is 2.35. The van der Waals surface area contributed by atoms with Crippen molar-refractivity contribution in [3.05, 3.63) is 28.8 Å². The monoisotopic (exact) mass is 255 g/mol. The number of halogens is 1. The lowest BCUT2D eigenvalue weighted by Gasteiger charge is -2.17. The second kappa shape index (κ2) is 4.20. The Morgan fingerprint density at radius 1 is 1.53 bits per heavy atom. The van der Waals surface area contributed by atoms with Crippen LogP contribution in [0.2, 0.25) is 5.02 Å². The number of carbonyl (C=O) groups is 1. The molecule has 0 aromatic heterocycles. The summed E-state index contributed by atoms with van der Waals surface area (Å²) >= 11 is 5.95. The molecule has 2 rings (SSSR count). The molecule has 0 saturated carbocycles. The summed E-state index contributed by atoms with van der Waals surface area (Å²) in [6.07, 6.45) is 0. The average Bonchev–Trinajstić information content (AvgIpc) is 2.52. The van der Waals surface area contributed by atoms with Crippen molar-refractivity contribution in [1.82, 2.24) is 5.06 Å². The molecule has 1 aromatic rings. The Hall–Kier alpha value is -1.26. The fraction of sp³-hybridized carbons (Fsp3) is 0.417. The van der Waals surface area contributed by atoms with Crippen molar-refractivity contribution >= 4 is 17.5 Å². The van der Waals surface area contributed by atoms with E-state index in [2.05, 4.69) is 0 Å². The van der Waals surface area contributed by atoms with Gasteiger partial charge >= 0.3 is 0 Å². The quantitative estimate of drug-likeness (QED) is 0.883. The lowest BCUT2D eigenvalue weighted by Crippen LogP contribution is -2.30. The normalized spacial score (nSPS) is 18.8. The molecule has 1 heterocycles. The highest BCUT2D eigenvalue weighted by Crippen LogP contribution is 2.32. The minimum absolute atomic E-state index is 0.00933. The molecule has 1 aliphatic heterocycles. The molecule has 1 aliphatic rings. The predicted molar refractivity (Wildman–Crippen MR) is 63.4 cm³/mol. The largest absolute Gasteiger partial charge is 0.506 e. The van der Waals surface area contributed by atoms with E-state index >= 15 is 0 Å². The van der Waals surface area contributed by atoms with Gasteiger partial charge in [-0.05, 0) is 25.5 Å². The van der Waals surface area contributed by atoms with E-state index < -0.39 is 5.41 Å². The second-order valence-corrected chi connectivity index (χ2v) is 5.13. The molecule has 0 bridgehead atoms. The third-order valence-electron chi connectivity index (χ3n) is 2.76. The van der Waals surface area contributed by atoms with Gasteiger partial charge in [0.2, 0.25) is 0 Å². The molecule has 0 radical (unpaired) electrons. The lowest BCUT2D eigenvalue weighted by atomic mass is 9.95. The van der Waals surface area contributed by atoms with Crippen LogP contribution in [0.4, 0.5) is 0 Å². The van der Waals surface area contributed by atoms with Gasteiger partial charge in [-0.2, -0.15) is 0 Å². The number of phenolic OH excluding ortho intramolecular Hbond substituents is 1. The summed E-state index contributed by atoms with van der Waals surface area (Å²) in [6.45, 7) is 4.27. The second-order valence-electron chi connectivity index (χ2n) is 4.75. The van der Waals surface area contributed by atoms with Crippen molar-refractivity contribution in [3.63, 3.8) is 0 Å². The van der Waals surface area contributed by atoms with Gasteiger partial charge in [-0.25, -0.2) is 5.06 Å². The minimum Gasteiger partial charge on any atom is -0.506 e. The summed E-state index contributed by atoms with van der Waals surface area (Å²) in [4.78, 5) is 17.2. The van der Waals surface area contributed by atoms with Crippen LogP contribution in [-0.2, 0) is 16.2 Å². The van der Waals surface area contributed by atoms with E-state index in [1.807, 2.05) is 13.8 Å². The zero-order valence-electron chi connectivity index (χ0n) is 9.74. The molecule has 0 aliphatic carbocycles. The Balaban J connectivity index is 2.18. The van der Waals surface area contributed by atoms with Gasteiger partial charge in [0.25, 0.3) is 5.91 Å². The first-order valence-electron chi connectivity index (χ1n) is 5.33. The van der Waals surface area contributed by atoms with Crippen LogP contribution in [0, 0.1) is 5.41 Å². The Labute approximate surface area is 105 Å². The minimum atomic E-state index is -0.497. The zero-order chi connectivity index (χ0) is 12.6. The van der Waals surface area contributed by atoms with Gasteiger partial charge in [-0.15, -0.1) is 0 Å². The highest BCUT2D eigenvalue weighted by atomic mass is 35.5. The fourth-order valence-corrected chi connectivity index (χ4v) is 1.84. The van der Waals surface area contributed by atoms with Crippen LogP contribution < -0.4 is 0 Å². The molecule has 17 heavy (non-hydrogen) atoms. The van der Waals surface area contributed by atoms with E-state index in [-0.39, 0.29) is 23.2 Å². The molecule has 0 atom stereocenters. The summed E-state index contributed by atoms with van der Waals surface area (Å²) in [5, 5.41) is 11.0. The lowest BCUT2D eigenvalue weighted by molar-refractivity contribution is -0.165. The Morgan fingerprint density at radius 2 is 2.24 bits per heavy atom. The summed E-state index contributed by atoms with van der Waals surface area (Å²) < 4.78 is 0. The van der Waals surface area contributed by atoms with Crippen molar-refractivity contribution in [2.45, 2.75) is 20.4 Å². The molecular weight excluding hydrogens is 242 g/mol. The zero-order valence-corrected chi connectivity index (χ0v) is 10.5. The molecule has 5 heteroatoms. The summed E-state index contributed by atoms with van der Waals surface area (Å²) in [7, 11) is 0. The van der Waals surface area contributed by atoms with E-state index in [9.17, 15) is 9.90 Å². The molecule has 92 valence electrons. The third-order valence-corrected chi connectivity index (χ3v) is 3.20. The van der Waals surface area contributed by atoms with Crippen LogP contribution in [-0.4, -0.2) is 22.7 Å². The summed E-state index contributed by atoms with van der Waals surface area (Å²) in [5.41, 5.74) is 0.168. The van der Waals surface area contributed by atoms with Crippen LogP contribution >= 0.6 is 11.6 Å². The van der Waals surface area contributed by atoms with E-state index in [0.29, 0.717) is 12.2 Å². The number of hydroxylamine groups is 2. The number of carbonyl (C=O) groups excluding carboxylic acids is 1. The van der Waals surface area contributed by atoms with Gasteiger partial charge in [0.1, 0.15) is 5.75 Å². The highest BCUT2D eigenvalue weighted by Gasteiger charge is 2.40. The molecule has 1 saturated heterocycles. The van der Waals surface area contributed by atoms with Gasteiger partial charge in [-0.3, -0.25) is 9.63 Å². The maximum atomic E-state index is 11.9. The third kappa shape index (κ3) is 2.23. The maximum absolute atomic E-state index is 11.9. The Bertz CT molecular complexity index is 459. The maximum Gasteiger partial charge on any atom is 0.254 e. The molecule has 1 N–H and O–H groups in total. The van der Waals surface area contributed by atoms with Crippen molar-refractivity contribution in [2.75, 3.05) is 6.61 Å². The van der Waals surface area contributed by atoms with Gasteiger partial charge in [-0.1, -0.05) is 23.7 Å². The first-order valence-corrected chi connectivity index (χ1v) is 5.71. The first kappa shape index (κ1) is 12.2. The molecular formula is C12H14ClNO3. The van der Waals surface area contributed by atoms with Crippen LogP contribution in [0.3, 0.4) is 0 Å². The number of nitrogens with zero attached hydrogens (tertiary/aromatic N) is 1. The molecule has 4 nitrogen and oxygen atoms in total. The van der Waals surface area contributed by atoms with Crippen molar-refractivity contribution in [3.8, 4) is 5.75 Å². The number of amides is 1. The van der Waals surface area contributed by atoms with Crippen molar-refractivity contribution < 1.29 is 14.7 Å². The number of benzene rings is 1. The van der Waals surface area contributed by atoms with E-state index in [1.54, 1.807) is 12.1 Å². The van der Waals surface area contributed by atoms with Crippen LogP contribution in [0.25, 0.3) is 0 Å². The highest BCUT2D eigenvalue weighted by molar-refractivity contribution is 6.32. The smallest absolute Gasteiger partial charge is 0.254 e. The van der Waals surface area contributed by atoms with Gasteiger partial charge in [0.05, 0.1) is 23.6 Å². The number of aromatic hydroxyl groups is 1. The van der Waals surface area contributed by atoms with E-state index in [0.717, 1.165) is 0 Å². The topological polar surface area (TPSA) is 49.8 Å². The fourth-order valence-electron chi connectivity index (χ4n) is 1.66. The van der Waals surface area contributed by atoms with Crippen molar-refractivity contribution in [1.29, 1.82) is 0 Å². The SMILES string of the molecule is CC1(C)CON(Cc2cccc(O)c2Cl)C1=O.